The minimum absolute atomic E-state index is 0.120. The average Bonchev–Trinajstić information content (AvgIpc) is 2.31. The summed E-state index contributed by atoms with van der Waals surface area (Å²) in [5.41, 5.74) is 2.77. The molecule has 1 heterocycles. The van der Waals surface area contributed by atoms with Crippen LogP contribution in [0.4, 0.5) is 0 Å². The topological polar surface area (TPSA) is 73.7 Å². The molecular formula is C11H15Cl2N5. The maximum absolute atomic E-state index is 7.69. The molecule has 0 fully saturated rings. The molecule has 0 amide bonds. The van der Waals surface area contributed by atoms with Crippen LogP contribution in [0, 0.1) is 5.41 Å². The van der Waals surface area contributed by atoms with Crippen LogP contribution in [-0.2, 0) is 6.54 Å². The smallest absolute Gasteiger partial charge is 0.223 e. The van der Waals surface area contributed by atoms with Crippen molar-refractivity contribution in [2.75, 3.05) is 7.05 Å². The minimum atomic E-state index is 0.120. The zero-order valence-corrected chi connectivity index (χ0v) is 11.9. The van der Waals surface area contributed by atoms with E-state index >= 15 is 0 Å². The van der Waals surface area contributed by atoms with Crippen molar-refractivity contribution in [2.45, 2.75) is 20.4 Å². The van der Waals surface area contributed by atoms with Gasteiger partial charge in [0.15, 0.2) is 0 Å². The van der Waals surface area contributed by atoms with E-state index in [0.717, 1.165) is 17.0 Å². The third-order valence-corrected chi connectivity index (χ3v) is 2.87. The van der Waals surface area contributed by atoms with E-state index in [0.29, 0.717) is 17.4 Å². The number of nitrogens with one attached hydrogen (secondary N) is 3. The highest BCUT2D eigenvalue weighted by molar-refractivity contribution is 6.32. The van der Waals surface area contributed by atoms with E-state index in [1.54, 1.807) is 20.2 Å². The molecule has 18 heavy (non-hydrogen) atoms. The Balaban J connectivity index is 2.83. The van der Waals surface area contributed by atoms with Gasteiger partial charge in [-0.15, -0.1) is 0 Å². The summed E-state index contributed by atoms with van der Waals surface area (Å²) in [6, 6.07) is 0. The molecule has 0 unspecified atom stereocenters. The summed E-state index contributed by atoms with van der Waals surface area (Å²) in [4.78, 5) is 7.73. The zero-order valence-electron chi connectivity index (χ0n) is 10.4. The van der Waals surface area contributed by atoms with Crippen LogP contribution in [0.25, 0.3) is 0 Å². The maximum atomic E-state index is 7.69. The van der Waals surface area contributed by atoms with Crippen molar-refractivity contribution in [3.8, 4) is 0 Å². The van der Waals surface area contributed by atoms with E-state index in [9.17, 15) is 0 Å². The Morgan fingerprint density at radius 3 is 2.56 bits per heavy atom. The SMILES string of the molecule is CN/C(C)=C(/NCc1cnc(Cl)nc1Cl)C(C)=N. The highest BCUT2D eigenvalue weighted by Gasteiger charge is 2.07. The molecule has 0 spiro atoms. The molecule has 1 aromatic heterocycles. The van der Waals surface area contributed by atoms with E-state index < -0.39 is 0 Å². The highest BCUT2D eigenvalue weighted by Crippen LogP contribution is 2.14. The first-order valence-corrected chi connectivity index (χ1v) is 6.06. The molecule has 7 heteroatoms. The van der Waals surface area contributed by atoms with Crippen molar-refractivity contribution in [3.05, 3.63) is 33.6 Å². The van der Waals surface area contributed by atoms with Crippen LogP contribution in [0.2, 0.25) is 10.4 Å². The van der Waals surface area contributed by atoms with Crippen molar-refractivity contribution in [1.29, 1.82) is 5.41 Å². The summed E-state index contributed by atoms with van der Waals surface area (Å²) >= 11 is 11.6. The lowest BCUT2D eigenvalue weighted by atomic mass is 10.2. The Hall–Kier alpha value is -1.33. The number of halogens is 2. The van der Waals surface area contributed by atoms with Gasteiger partial charge in [-0.1, -0.05) is 11.6 Å². The Bertz CT molecular complexity index is 484. The molecule has 0 aliphatic heterocycles. The number of nitrogens with zero attached hydrogens (tertiary/aromatic N) is 2. The molecule has 0 bridgehead atoms. The van der Waals surface area contributed by atoms with Crippen molar-refractivity contribution in [2.24, 2.45) is 0 Å². The second-order valence-corrected chi connectivity index (χ2v) is 4.38. The predicted octanol–water partition coefficient (Wildman–Crippen LogP) is 2.36. The normalized spacial score (nSPS) is 11.8. The maximum Gasteiger partial charge on any atom is 0.223 e. The van der Waals surface area contributed by atoms with Crippen molar-refractivity contribution < 1.29 is 0 Å². The van der Waals surface area contributed by atoms with Gasteiger partial charge in [0.2, 0.25) is 5.28 Å². The van der Waals surface area contributed by atoms with Crippen LogP contribution in [-0.4, -0.2) is 22.7 Å². The molecule has 0 aliphatic carbocycles. The van der Waals surface area contributed by atoms with Crippen LogP contribution in [0.1, 0.15) is 19.4 Å². The molecule has 3 N–H and O–H groups in total. The van der Waals surface area contributed by atoms with Gasteiger partial charge < -0.3 is 16.0 Å². The molecule has 0 atom stereocenters. The van der Waals surface area contributed by atoms with E-state index in [4.69, 9.17) is 28.6 Å². The Morgan fingerprint density at radius 2 is 2.06 bits per heavy atom. The summed E-state index contributed by atoms with van der Waals surface area (Å²) in [5, 5.41) is 14.3. The van der Waals surface area contributed by atoms with Crippen LogP contribution in [0.15, 0.2) is 17.6 Å². The molecule has 0 aliphatic rings. The minimum Gasteiger partial charge on any atom is -0.390 e. The zero-order chi connectivity index (χ0) is 13.7. The standard InChI is InChI=1S/C11H15Cl2N5/c1-6(14)9(7(2)15-3)16-4-8-5-17-11(13)18-10(8)12/h5,14-16H,4H2,1-3H3/b9-7+,14-6?. The number of hydrogen-bond acceptors (Lipinski definition) is 5. The first-order valence-electron chi connectivity index (χ1n) is 5.30. The quantitative estimate of drug-likeness (QED) is 0.442. The fourth-order valence-electron chi connectivity index (χ4n) is 1.34. The van der Waals surface area contributed by atoms with Gasteiger partial charge in [0.1, 0.15) is 5.15 Å². The van der Waals surface area contributed by atoms with E-state index in [2.05, 4.69) is 20.6 Å². The Morgan fingerprint density at radius 1 is 1.39 bits per heavy atom. The molecule has 0 saturated carbocycles. The molecule has 5 nitrogen and oxygen atoms in total. The van der Waals surface area contributed by atoms with E-state index in [-0.39, 0.29) is 5.28 Å². The van der Waals surface area contributed by atoms with Crippen LogP contribution >= 0.6 is 23.2 Å². The summed E-state index contributed by atoms with van der Waals surface area (Å²) in [6.45, 7) is 4.03. The molecule has 98 valence electrons. The number of aromatic nitrogens is 2. The fraction of sp³-hybridized carbons (Fsp3) is 0.364. The van der Waals surface area contributed by atoms with Crippen LogP contribution in [0.3, 0.4) is 0 Å². The highest BCUT2D eigenvalue weighted by atomic mass is 35.5. The monoisotopic (exact) mass is 287 g/mol. The van der Waals surface area contributed by atoms with Crippen molar-refractivity contribution >= 4 is 28.9 Å². The molecule has 0 radical (unpaired) electrons. The predicted molar refractivity (Wildman–Crippen MR) is 74.1 cm³/mol. The lowest BCUT2D eigenvalue weighted by molar-refractivity contribution is 0.798. The molecule has 0 saturated heterocycles. The molecular weight excluding hydrogens is 273 g/mol. The van der Waals surface area contributed by atoms with Crippen LogP contribution < -0.4 is 10.6 Å². The number of allylic oxidation sites excluding steroid dienone is 2. The second kappa shape index (κ2) is 6.56. The summed E-state index contributed by atoms with van der Waals surface area (Å²) in [7, 11) is 1.80. The van der Waals surface area contributed by atoms with Gasteiger partial charge in [-0.2, -0.15) is 0 Å². The van der Waals surface area contributed by atoms with Crippen molar-refractivity contribution in [1.82, 2.24) is 20.6 Å². The third kappa shape index (κ3) is 3.85. The summed E-state index contributed by atoms with van der Waals surface area (Å²) in [5.74, 6) is 0. The fourth-order valence-corrected chi connectivity index (χ4v) is 1.71. The molecule has 1 rings (SSSR count). The number of rotatable bonds is 5. The van der Waals surface area contributed by atoms with Gasteiger partial charge in [-0.25, -0.2) is 9.97 Å². The first kappa shape index (κ1) is 14.7. The van der Waals surface area contributed by atoms with Gasteiger partial charge in [0.25, 0.3) is 0 Å². The van der Waals surface area contributed by atoms with Gasteiger partial charge in [0, 0.05) is 31.0 Å². The molecule has 1 aromatic rings. The lowest BCUT2D eigenvalue weighted by Gasteiger charge is -2.14. The summed E-state index contributed by atoms with van der Waals surface area (Å²) in [6.07, 6.45) is 1.57. The lowest BCUT2D eigenvalue weighted by Crippen LogP contribution is -2.23. The number of hydrogen-bond donors (Lipinski definition) is 3. The largest absolute Gasteiger partial charge is 0.390 e. The van der Waals surface area contributed by atoms with Crippen molar-refractivity contribution in [3.63, 3.8) is 0 Å². The first-order chi connectivity index (χ1) is 8.45. The van der Waals surface area contributed by atoms with Gasteiger partial charge >= 0.3 is 0 Å². The Labute approximate surface area is 116 Å². The van der Waals surface area contributed by atoms with Crippen LogP contribution in [0.5, 0.6) is 0 Å². The summed E-state index contributed by atoms with van der Waals surface area (Å²) < 4.78 is 0. The van der Waals surface area contributed by atoms with E-state index in [1.807, 2.05) is 6.92 Å². The van der Waals surface area contributed by atoms with Gasteiger partial charge in [-0.3, -0.25) is 0 Å². The van der Waals surface area contributed by atoms with Gasteiger partial charge in [0.05, 0.1) is 11.4 Å². The average molecular weight is 288 g/mol. The van der Waals surface area contributed by atoms with Gasteiger partial charge in [-0.05, 0) is 25.4 Å². The Kier molecular flexibility index (Phi) is 5.37. The van der Waals surface area contributed by atoms with E-state index in [1.165, 1.54) is 0 Å². The molecule has 0 aromatic carbocycles. The third-order valence-electron chi connectivity index (χ3n) is 2.36. The second-order valence-electron chi connectivity index (χ2n) is 3.68.